The summed E-state index contributed by atoms with van der Waals surface area (Å²) in [4.78, 5) is 14.1. The van der Waals surface area contributed by atoms with Crippen molar-refractivity contribution in [3.63, 3.8) is 0 Å². The second-order valence-corrected chi connectivity index (χ2v) is 5.04. The molecule has 1 atom stereocenters. The van der Waals surface area contributed by atoms with Crippen LogP contribution in [-0.2, 0) is 14.3 Å². The van der Waals surface area contributed by atoms with Crippen LogP contribution in [-0.4, -0.2) is 67.1 Å². The monoisotopic (exact) mass is 258 g/mol. The fourth-order valence-electron chi connectivity index (χ4n) is 2.51. The number of piperidine rings is 1. The molecule has 104 valence electrons. The Bertz CT molecular complexity index is 284. The van der Waals surface area contributed by atoms with Gasteiger partial charge in [0.05, 0.1) is 25.9 Å². The maximum atomic E-state index is 12.3. The summed E-state index contributed by atoms with van der Waals surface area (Å²) in [7, 11) is 0. The Morgan fingerprint density at radius 3 is 2.78 bits per heavy atom. The summed E-state index contributed by atoms with van der Waals surface area (Å²) >= 11 is 0. The molecule has 6 heteroatoms. The number of ether oxygens (including phenoxy) is 2. The van der Waals surface area contributed by atoms with Crippen LogP contribution in [0.25, 0.3) is 0 Å². The summed E-state index contributed by atoms with van der Waals surface area (Å²) in [5.74, 6) is 0.000563. The first-order valence-corrected chi connectivity index (χ1v) is 6.54. The lowest BCUT2D eigenvalue weighted by Gasteiger charge is -2.36. The van der Waals surface area contributed by atoms with Crippen LogP contribution in [0.4, 0.5) is 0 Å². The maximum absolute atomic E-state index is 12.3. The van der Waals surface area contributed by atoms with E-state index in [1.807, 2.05) is 4.90 Å². The van der Waals surface area contributed by atoms with Crippen molar-refractivity contribution in [1.29, 1.82) is 0 Å². The summed E-state index contributed by atoms with van der Waals surface area (Å²) in [6, 6.07) is 0. The molecule has 0 aromatic carbocycles. The zero-order valence-electron chi connectivity index (χ0n) is 10.6. The van der Waals surface area contributed by atoms with Crippen LogP contribution in [0.1, 0.15) is 19.3 Å². The SMILES string of the molecule is NC1(C(=O)N2CCC(OCCO)CC2)CCOC1. The van der Waals surface area contributed by atoms with Crippen molar-refractivity contribution in [2.45, 2.75) is 30.9 Å². The van der Waals surface area contributed by atoms with Crippen LogP contribution in [0.3, 0.4) is 0 Å². The second-order valence-electron chi connectivity index (χ2n) is 5.04. The Labute approximate surface area is 107 Å². The fraction of sp³-hybridized carbons (Fsp3) is 0.917. The zero-order chi connectivity index (χ0) is 13.0. The molecule has 6 nitrogen and oxygen atoms in total. The highest BCUT2D eigenvalue weighted by Gasteiger charge is 2.41. The highest BCUT2D eigenvalue weighted by atomic mass is 16.5. The Morgan fingerprint density at radius 1 is 1.50 bits per heavy atom. The van der Waals surface area contributed by atoms with Crippen LogP contribution in [0.5, 0.6) is 0 Å². The molecule has 0 spiro atoms. The summed E-state index contributed by atoms with van der Waals surface area (Å²) in [5.41, 5.74) is 5.25. The largest absolute Gasteiger partial charge is 0.394 e. The van der Waals surface area contributed by atoms with Crippen molar-refractivity contribution in [3.05, 3.63) is 0 Å². The summed E-state index contributed by atoms with van der Waals surface area (Å²) in [6.07, 6.45) is 2.37. The summed E-state index contributed by atoms with van der Waals surface area (Å²) in [5, 5.41) is 8.69. The van der Waals surface area contributed by atoms with E-state index in [2.05, 4.69) is 0 Å². The second kappa shape index (κ2) is 5.97. The third-order valence-corrected chi connectivity index (χ3v) is 3.65. The molecule has 1 amide bonds. The summed E-state index contributed by atoms with van der Waals surface area (Å²) in [6.45, 7) is 2.66. The van der Waals surface area contributed by atoms with Gasteiger partial charge in [-0.05, 0) is 19.3 Å². The Balaban J connectivity index is 1.80. The van der Waals surface area contributed by atoms with Gasteiger partial charge in [-0.1, -0.05) is 0 Å². The maximum Gasteiger partial charge on any atom is 0.245 e. The first kappa shape index (κ1) is 13.7. The van der Waals surface area contributed by atoms with E-state index in [0.29, 0.717) is 39.3 Å². The predicted molar refractivity (Wildman–Crippen MR) is 65.0 cm³/mol. The Morgan fingerprint density at radius 2 is 2.22 bits per heavy atom. The van der Waals surface area contributed by atoms with Gasteiger partial charge in [0.2, 0.25) is 5.91 Å². The van der Waals surface area contributed by atoms with Gasteiger partial charge < -0.3 is 25.2 Å². The average molecular weight is 258 g/mol. The molecule has 2 saturated heterocycles. The van der Waals surface area contributed by atoms with Gasteiger partial charge in [0, 0.05) is 19.7 Å². The topological polar surface area (TPSA) is 85.0 Å². The van der Waals surface area contributed by atoms with Gasteiger partial charge in [-0.2, -0.15) is 0 Å². The van der Waals surface area contributed by atoms with E-state index in [-0.39, 0.29) is 18.6 Å². The molecule has 1 unspecified atom stereocenters. The van der Waals surface area contributed by atoms with E-state index in [9.17, 15) is 4.79 Å². The Kier molecular flexibility index (Phi) is 4.55. The van der Waals surface area contributed by atoms with Crippen molar-refractivity contribution >= 4 is 5.91 Å². The first-order valence-electron chi connectivity index (χ1n) is 6.54. The van der Waals surface area contributed by atoms with E-state index in [4.69, 9.17) is 20.3 Å². The van der Waals surface area contributed by atoms with E-state index in [1.165, 1.54) is 0 Å². The van der Waals surface area contributed by atoms with Gasteiger partial charge in [0.25, 0.3) is 0 Å². The smallest absolute Gasteiger partial charge is 0.245 e. The van der Waals surface area contributed by atoms with Crippen LogP contribution >= 0.6 is 0 Å². The molecule has 0 radical (unpaired) electrons. The lowest BCUT2D eigenvalue weighted by molar-refractivity contribution is -0.139. The molecule has 0 aromatic heterocycles. The highest BCUT2D eigenvalue weighted by Crippen LogP contribution is 2.22. The number of rotatable bonds is 4. The molecule has 0 saturated carbocycles. The molecule has 2 heterocycles. The number of hydrogen-bond donors (Lipinski definition) is 2. The van der Waals surface area contributed by atoms with E-state index in [1.54, 1.807) is 0 Å². The van der Waals surface area contributed by atoms with Gasteiger partial charge in [-0.25, -0.2) is 0 Å². The van der Waals surface area contributed by atoms with Gasteiger partial charge in [-0.15, -0.1) is 0 Å². The molecule has 3 N–H and O–H groups in total. The fourth-order valence-corrected chi connectivity index (χ4v) is 2.51. The van der Waals surface area contributed by atoms with Crippen molar-refractivity contribution in [2.75, 3.05) is 39.5 Å². The molecule has 0 aliphatic carbocycles. The van der Waals surface area contributed by atoms with Crippen molar-refractivity contribution in [2.24, 2.45) is 5.73 Å². The number of hydrogen-bond acceptors (Lipinski definition) is 5. The quantitative estimate of drug-likeness (QED) is 0.683. The van der Waals surface area contributed by atoms with Crippen LogP contribution in [0.2, 0.25) is 0 Å². The third kappa shape index (κ3) is 3.00. The molecule has 18 heavy (non-hydrogen) atoms. The number of carbonyl (C=O) groups is 1. The van der Waals surface area contributed by atoms with Gasteiger partial charge in [-0.3, -0.25) is 4.79 Å². The zero-order valence-corrected chi connectivity index (χ0v) is 10.6. The van der Waals surface area contributed by atoms with E-state index in [0.717, 1.165) is 12.8 Å². The molecule has 0 bridgehead atoms. The number of likely N-dealkylation sites (tertiary alicyclic amines) is 1. The lowest BCUT2D eigenvalue weighted by atomic mass is 9.96. The number of amides is 1. The van der Waals surface area contributed by atoms with Crippen LogP contribution in [0.15, 0.2) is 0 Å². The Hall–Kier alpha value is -0.690. The normalized spacial score (nSPS) is 29.8. The third-order valence-electron chi connectivity index (χ3n) is 3.65. The molecular formula is C12H22N2O4. The number of nitrogens with two attached hydrogens (primary N) is 1. The molecule has 2 aliphatic heterocycles. The molecular weight excluding hydrogens is 236 g/mol. The van der Waals surface area contributed by atoms with Crippen LogP contribution < -0.4 is 5.73 Å². The average Bonchev–Trinajstić information content (AvgIpc) is 2.84. The molecule has 0 aromatic rings. The summed E-state index contributed by atoms with van der Waals surface area (Å²) < 4.78 is 10.7. The highest BCUT2D eigenvalue weighted by molar-refractivity contribution is 5.86. The number of carbonyl (C=O) groups excluding carboxylic acids is 1. The van der Waals surface area contributed by atoms with Crippen molar-refractivity contribution in [1.82, 2.24) is 4.90 Å². The van der Waals surface area contributed by atoms with Crippen molar-refractivity contribution in [3.8, 4) is 0 Å². The minimum absolute atomic E-state index is 0.000563. The molecule has 2 aliphatic rings. The van der Waals surface area contributed by atoms with Crippen molar-refractivity contribution < 1.29 is 19.4 Å². The molecule has 2 rings (SSSR count). The van der Waals surface area contributed by atoms with Gasteiger partial charge >= 0.3 is 0 Å². The van der Waals surface area contributed by atoms with Gasteiger partial charge in [0.1, 0.15) is 5.54 Å². The number of aliphatic hydroxyl groups excluding tert-OH is 1. The minimum atomic E-state index is -0.821. The van der Waals surface area contributed by atoms with E-state index >= 15 is 0 Å². The predicted octanol–water partition coefficient (Wildman–Crippen LogP) is -0.896. The van der Waals surface area contributed by atoms with Crippen LogP contribution in [0, 0.1) is 0 Å². The molecule has 2 fully saturated rings. The van der Waals surface area contributed by atoms with Gasteiger partial charge in [0.15, 0.2) is 0 Å². The standard InChI is InChI=1S/C12H22N2O4/c13-12(3-7-17-9-12)11(16)14-4-1-10(2-5-14)18-8-6-15/h10,15H,1-9,13H2. The number of aliphatic hydroxyl groups is 1. The minimum Gasteiger partial charge on any atom is -0.394 e. The first-order chi connectivity index (χ1) is 8.65. The number of nitrogens with zero attached hydrogens (tertiary/aromatic N) is 1. The lowest BCUT2D eigenvalue weighted by Crippen LogP contribution is -2.57. The van der Waals surface area contributed by atoms with E-state index < -0.39 is 5.54 Å².